The van der Waals surface area contributed by atoms with Gasteiger partial charge in [-0.05, 0) is 0 Å². The van der Waals surface area contributed by atoms with Gasteiger partial charge in [-0.1, -0.05) is 30.3 Å². The van der Waals surface area contributed by atoms with Crippen LogP contribution in [0, 0.1) is 0 Å². The van der Waals surface area contributed by atoms with E-state index in [0.717, 1.165) is 11.8 Å². The molecule has 5 nitrogen and oxygen atoms in total. The van der Waals surface area contributed by atoms with Crippen molar-refractivity contribution < 1.29 is 8.42 Å². The van der Waals surface area contributed by atoms with Gasteiger partial charge in [-0.3, -0.25) is 4.79 Å². The lowest BCUT2D eigenvalue weighted by Gasteiger charge is -2.03. The zero-order chi connectivity index (χ0) is 13.2. The van der Waals surface area contributed by atoms with Gasteiger partial charge in [-0.2, -0.15) is 0 Å². The molecule has 0 aliphatic heterocycles. The molecule has 0 radical (unpaired) electrons. The van der Waals surface area contributed by atoms with Gasteiger partial charge in [0.25, 0.3) is 5.56 Å². The quantitative estimate of drug-likeness (QED) is 0.896. The molecule has 1 N–H and O–H groups in total. The van der Waals surface area contributed by atoms with Gasteiger partial charge in [0, 0.05) is 17.9 Å². The molecule has 0 saturated carbocycles. The molecule has 0 atom stereocenters. The van der Waals surface area contributed by atoms with Gasteiger partial charge in [-0.25, -0.2) is 13.4 Å². The van der Waals surface area contributed by atoms with E-state index in [1.165, 1.54) is 6.07 Å². The molecule has 6 heteroatoms. The molecule has 0 aliphatic carbocycles. The molecule has 0 saturated heterocycles. The minimum atomic E-state index is -3.23. The maximum atomic E-state index is 11.5. The number of aromatic amines is 1. The van der Waals surface area contributed by atoms with Crippen LogP contribution in [0.1, 0.15) is 5.82 Å². The van der Waals surface area contributed by atoms with E-state index in [2.05, 4.69) is 9.97 Å². The van der Waals surface area contributed by atoms with Gasteiger partial charge in [0.05, 0.1) is 5.69 Å². The summed E-state index contributed by atoms with van der Waals surface area (Å²) in [5.41, 5.74) is 0.888. The molecule has 0 spiro atoms. The first kappa shape index (κ1) is 12.5. The topological polar surface area (TPSA) is 79.9 Å². The van der Waals surface area contributed by atoms with E-state index in [9.17, 15) is 13.2 Å². The van der Waals surface area contributed by atoms with Crippen LogP contribution >= 0.6 is 0 Å². The molecule has 94 valence electrons. The van der Waals surface area contributed by atoms with Gasteiger partial charge in [0.1, 0.15) is 11.6 Å². The summed E-state index contributed by atoms with van der Waals surface area (Å²) in [6, 6.07) is 10.5. The molecular weight excluding hydrogens is 252 g/mol. The first-order valence-electron chi connectivity index (χ1n) is 5.27. The molecule has 0 bridgehead atoms. The minimum Gasteiger partial charge on any atom is -0.310 e. The van der Waals surface area contributed by atoms with E-state index in [0.29, 0.717) is 5.69 Å². The molecule has 1 heterocycles. The lowest BCUT2D eigenvalue weighted by Crippen LogP contribution is -2.14. The van der Waals surface area contributed by atoms with Crippen LogP contribution in [0.2, 0.25) is 0 Å². The fraction of sp³-hybridized carbons (Fsp3) is 0.167. The maximum Gasteiger partial charge on any atom is 0.251 e. The van der Waals surface area contributed by atoms with Gasteiger partial charge < -0.3 is 4.98 Å². The highest BCUT2D eigenvalue weighted by Crippen LogP contribution is 2.14. The Hall–Kier alpha value is -1.95. The van der Waals surface area contributed by atoms with E-state index < -0.39 is 9.84 Å². The van der Waals surface area contributed by atoms with Crippen molar-refractivity contribution in [1.82, 2.24) is 9.97 Å². The Morgan fingerprint density at radius 2 is 1.89 bits per heavy atom. The number of aromatic nitrogens is 2. The Kier molecular flexibility index (Phi) is 3.29. The smallest absolute Gasteiger partial charge is 0.251 e. The van der Waals surface area contributed by atoms with Gasteiger partial charge in [0.15, 0.2) is 9.84 Å². The number of rotatable bonds is 3. The molecule has 0 amide bonds. The van der Waals surface area contributed by atoms with Gasteiger partial charge in [-0.15, -0.1) is 0 Å². The highest BCUT2D eigenvalue weighted by molar-refractivity contribution is 7.89. The SMILES string of the molecule is CS(=O)(=O)Cc1nc(-c2ccccc2)cc(=O)[nH]1. The number of hydrogen-bond acceptors (Lipinski definition) is 4. The monoisotopic (exact) mass is 264 g/mol. The highest BCUT2D eigenvalue weighted by Gasteiger charge is 2.09. The summed E-state index contributed by atoms with van der Waals surface area (Å²) < 4.78 is 22.4. The molecular formula is C12H12N2O3S. The third-order valence-electron chi connectivity index (χ3n) is 2.26. The Bertz CT molecular complexity index is 706. The molecule has 0 fully saturated rings. The summed E-state index contributed by atoms with van der Waals surface area (Å²) in [6.45, 7) is 0. The number of nitrogens with one attached hydrogen (secondary N) is 1. The van der Waals surface area contributed by atoms with Crippen LogP contribution in [0.15, 0.2) is 41.2 Å². The largest absolute Gasteiger partial charge is 0.310 e. The van der Waals surface area contributed by atoms with E-state index >= 15 is 0 Å². The summed E-state index contributed by atoms with van der Waals surface area (Å²) in [5, 5.41) is 0. The molecule has 1 aromatic carbocycles. The summed E-state index contributed by atoms with van der Waals surface area (Å²) in [7, 11) is -3.23. The van der Waals surface area contributed by atoms with Crippen molar-refractivity contribution in [2.24, 2.45) is 0 Å². The average molecular weight is 264 g/mol. The van der Waals surface area contributed by atoms with Gasteiger partial charge in [0.2, 0.25) is 0 Å². The van der Waals surface area contributed by atoms with Crippen molar-refractivity contribution in [1.29, 1.82) is 0 Å². The molecule has 2 rings (SSSR count). The summed E-state index contributed by atoms with van der Waals surface area (Å²) in [4.78, 5) is 18.1. The van der Waals surface area contributed by atoms with Crippen molar-refractivity contribution in [3.05, 3.63) is 52.6 Å². The van der Waals surface area contributed by atoms with E-state index in [1.807, 2.05) is 30.3 Å². The first-order valence-corrected chi connectivity index (χ1v) is 7.33. The lowest BCUT2D eigenvalue weighted by atomic mass is 10.1. The highest BCUT2D eigenvalue weighted by atomic mass is 32.2. The third kappa shape index (κ3) is 3.27. The number of benzene rings is 1. The van der Waals surface area contributed by atoms with Crippen molar-refractivity contribution in [3.63, 3.8) is 0 Å². The third-order valence-corrected chi connectivity index (χ3v) is 3.06. The van der Waals surface area contributed by atoms with Crippen molar-refractivity contribution in [3.8, 4) is 11.3 Å². The molecule has 2 aromatic rings. The fourth-order valence-corrected chi connectivity index (χ4v) is 2.22. The first-order chi connectivity index (χ1) is 8.44. The Morgan fingerprint density at radius 3 is 2.50 bits per heavy atom. The van der Waals surface area contributed by atoms with Crippen molar-refractivity contribution >= 4 is 9.84 Å². The minimum absolute atomic E-state index is 0.156. The Morgan fingerprint density at radius 1 is 1.22 bits per heavy atom. The fourth-order valence-electron chi connectivity index (χ4n) is 1.58. The summed E-state index contributed by atoms with van der Waals surface area (Å²) in [6.07, 6.45) is 1.10. The van der Waals surface area contributed by atoms with Crippen molar-refractivity contribution in [2.45, 2.75) is 5.75 Å². The normalized spacial score (nSPS) is 11.4. The number of sulfone groups is 1. The molecule has 0 unspecified atom stereocenters. The predicted octanol–water partition coefficient (Wildman–Crippen LogP) is 0.981. The lowest BCUT2D eigenvalue weighted by molar-refractivity contribution is 0.599. The zero-order valence-corrected chi connectivity index (χ0v) is 10.6. The Balaban J connectivity index is 2.48. The van der Waals surface area contributed by atoms with E-state index in [-0.39, 0.29) is 17.1 Å². The van der Waals surface area contributed by atoms with Crippen LogP contribution < -0.4 is 5.56 Å². The van der Waals surface area contributed by atoms with Crippen molar-refractivity contribution in [2.75, 3.05) is 6.26 Å². The van der Waals surface area contributed by atoms with E-state index in [1.54, 1.807) is 0 Å². The van der Waals surface area contributed by atoms with Crippen LogP contribution in [0.4, 0.5) is 0 Å². The van der Waals surface area contributed by atoms with Crippen LogP contribution in [0.3, 0.4) is 0 Å². The number of hydrogen-bond donors (Lipinski definition) is 1. The van der Waals surface area contributed by atoms with Gasteiger partial charge >= 0.3 is 0 Å². The Labute approximate surface area is 104 Å². The van der Waals surface area contributed by atoms with Crippen LogP contribution in [-0.2, 0) is 15.6 Å². The second-order valence-electron chi connectivity index (χ2n) is 4.01. The summed E-state index contributed by atoms with van der Waals surface area (Å²) >= 11 is 0. The van der Waals surface area contributed by atoms with Crippen LogP contribution in [0.25, 0.3) is 11.3 Å². The standard InChI is InChI=1S/C12H12N2O3S/c1-18(16,17)8-11-13-10(7-12(15)14-11)9-5-3-2-4-6-9/h2-7H,8H2,1H3,(H,13,14,15). The number of nitrogens with zero attached hydrogens (tertiary/aromatic N) is 1. The molecule has 18 heavy (non-hydrogen) atoms. The van der Waals surface area contributed by atoms with Crippen LogP contribution in [0.5, 0.6) is 0 Å². The van der Waals surface area contributed by atoms with Crippen LogP contribution in [-0.4, -0.2) is 24.6 Å². The summed E-state index contributed by atoms with van der Waals surface area (Å²) in [5.74, 6) is -0.119. The zero-order valence-electron chi connectivity index (χ0n) is 9.75. The second-order valence-corrected chi connectivity index (χ2v) is 6.15. The number of H-pyrrole nitrogens is 1. The molecule has 1 aromatic heterocycles. The predicted molar refractivity (Wildman–Crippen MR) is 68.8 cm³/mol. The molecule has 0 aliphatic rings. The maximum absolute atomic E-state index is 11.5. The van der Waals surface area contributed by atoms with E-state index in [4.69, 9.17) is 0 Å². The average Bonchev–Trinajstić information content (AvgIpc) is 2.27. The second kappa shape index (κ2) is 4.73.